The Labute approximate surface area is 175 Å². The molecule has 0 saturated carbocycles. The first kappa shape index (κ1) is 19.6. The van der Waals surface area contributed by atoms with Gasteiger partial charge in [-0.2, -0.15) is 0 Å². The number of hydrogen-bond acceptors (Lipinski definition) is 4. The number of nitrogens with zero attached hydrogens (tertiary/aromatic N) is 2. The van der Waals surface area contributed by atoms with Crippen molar-refractivity contribution in [2.24, 2.45) is 0 Å². The van der Waals surface area contributed by atoms with Crippen LogP contribution in [-0.2, 0) is 12.8 Å². The largest absolute Gasteiger partial charge is 0.370 e. The quantitative estimate of drug-likeness (QED) is 0.419. The lowest BCUT2D eigenvalue weighted by atomic mass is 10.1. The minimum absolute atomic E-state index is 0.246. The van der Waals surface area contributed by atoms with E-state index in [0.29, 0.717) is 23.9 Å². The van der Waals surface area contributed by atoms with Crippen LogP contribution in [0.3, 0.4) is 0 Å². The summed E-state index contributed by atoms with van der Waals surface area (Å²) >= 11 is 0. The number of para-hydroxylation sites is 1. The lowest BCUT2D eigenvalue weighted by molar-refractivity contribution is 0.102. The molecule has 6 heteroatoms. The fourth-order valence-corrected chi connectivity index (χ4v) is 3.46. The molecule has 0 spiro atoms. The van der Waals surface area contributed by atoms with Gasteiger partial charge in [0.05, 0.1) is 0 Å². The van der Waals surface area contributed by atoms with Crippen molar-refractivity contribution in [1.82, 2.24) is 15.0 Å². The molecule has 0 atom stereocenters. The fourth-order valence-electron chi connectivity index (χ4n) is 3.46. The number of hydrogen-bond donors (Lipinski definition) is 3. The van der Waals surface area contributed by atoms with Gasteiger partial charge >= 0.3 is 0 Å². The van der Waals surface area contributed by atoms with Crippen molar-refractivity contribution in [1.29, 1.82) is 0 Å². The highest BCUT2D eigenvalue weighted by Crippen LogP contribution is 2.18. The van der Waals surface area contributed by atoms with Crippen molar-refractivity contribution < 1.29 is 4.79 Å². The highest BCUT2D eigenvalue weighted by Gasteiger charge is 2.11. The van der Waals surface area contributed by atoms with E-state index in [1.807, 2.05) is 42.6 Å². The van der Waals surface area contributed by atoms with Crippen LogP contribution in [0.1, 0.15) is 34.4 Å². The number of anilines is 2. The van der Waals surface area contributed by atoms with Crippen LogP contribution < -0.4 is 10.6 Å². The number of carbonyl (C=O) groups excluding carboxylic acids is 1. The average molecular weight is 399 g/mol. The molecule has 1 amide bonds. The number of nitrogens with one attached hydrogen (secondary N) is 3. The minimum Gasteiger partial charge on any atom is -0.370 e. The summed E-state index contributed by atoms with van der Waals surface area (Å²) in [7, 11) is 0. The van der Waals surface area contributed by atoms with Crippen LogP contribution in [-0.4, -0.2) is 27.4 Å². The van der Waals surface area contributed by atoms with Gasteiger partial charge in [-0.05, 0) is 49.1 Å². The van der Waals surface area contributed by atoms with Crippen molar-refractivity contribution in [3.8, 4) is 0 Å². The van der Waals surface area contributed by atoms with Crippen LogP contribution in [0.15, 0.2) is 60.8 Å². The predicted molar refractivity (Wildman–Crippen MR) is 121 cm³/mol. The van der Waals surface area contributed by atoms with Crippen molar-refractivity contribution >= 4 is 28.3 Å². The SMILES string of the molecule is CCc1ccc(NC(=O)c2cc(NCCc3c[nH]c4ccccc34)nc(C)n2)cc1. The summed E-state index contributed by atoms with van der Waals surface area (Å²) in [4.78, 5) is 24.7. The Morgan fingerprint density at radius 2 is 1.87 bits per heavy atom. The van der Waals surface area contributed by atoms with Crippen LogP contribution >= 0.6 is 0 Å². The number of benzene rings is 2. The number of aromatic amines is 1. The molecule has 0 aliphatic rings. The second-order valence-corrected chi connectivity index (χ2v) is 7.23. The lowest BCUT2D eigenvalue weighted by Gasteiger charge is -2.09. The number of aryl methyl sites for hydroxylation is 2. The van der Waals surface area contributed by atoms with Gasteiger partial charge in [-0.1, -0.05) is 37.3 Å². The van der Waals surface area contributed by atoms with E-state index in [1.54, 1.807) is 13.0 Å². The highest BCUT2D eigenvalue weighted by atomic mass is 16.1. The molecule has 0 bridgehead atoms. The summed E-state index contributed by atoms with van der Waals surface area (Å²) in [6.45, 7) is 4.60. The van der Waals surface area contributed by atoms with Crippen molar-refractivity contribution in [3.05, 3.63) is 83.4 Å². The molecule has 0 radical (unpaired) electrons. The molecule has 0 saturated heterocycles. The van der Waals surface area contributed by atoms with Crippen LogP contribution in [0, 0.1) is 6.92 Å². The molecule has 0 aliphatic carbocycles. The fraction of sp³-hybridized carbons (Fsp3) is 0.208. The standard InChI is InChI=1S/C24H25N5O/c1-3-17-8-10-19(11-9-17)29-24(30)22-14-23(28-16(2)27-22)25-13-12-18-15-26-21-7-5-4-6-20(18)21/h4-11,14-15,26H,3,12-13H2,1-2H3,(H,29,30)(H,25,27,28). The number of amides is 1. The van der Waals surface area contributed by atoms with Gasteiger partial charge in [0.25, 0.3) is 5.91 Å². The highest BCUT2D eigenvalue weighted by molar-refractivity contribution is 6.03. The van der Waals surface area contributed by atoms with E-state index in [-0.39, 0.29) is 5.91 Å². The van der Waals surface area contributed by atoms with E-state index in [0.717, 1.165) is 24.0 Å². The van der Waals surface area contributed by atoms with Gasteiger partial charge in [-0.25, -0.2) is 9.97 Å². The smallest absolute Gasteiger partial charge is 0.274 e. The molecule has 2 aromatic carbocycles. The van der Waals surface area contributed by atoms with Gasteiger partial charge in [0.1, 0.15) is 17.3 Å². The molecule has 30 heavy (non-hydrogen) atoms. The number of rotatable bonds is 7. The number of fused-ring (bicyclic) bond motifs is 1. The molecule has 2 aromatic heterocycles. The summed E-state index contributed by atoms with van der Waals surface area (Å²) in [5.74, 6) is 0.955. The maximum absolute atomic E-state index is 12.6. The maximum Gasteiger partial charge on any atom is 0.274 e. The molecular formula is C24H25N5O. The Bertz CT molecular complexity index is 1160. The Balaban J connectivity index is 1.41. The average Bonchev–Trinajstić information content (AvgIpc) is 3.17. The number of H-pyrrole nitrogens is 1. The number of carbonyl (C=O) groups is 1. The second-order valence-electron chi connectivity index (χ2n) is 7.23. The maximum atomic E-state index is 12.6. The van der Waals surface area contributed by atoms with E-state index < -0.39 is 0 Å². The molecule has 0 unspecified atom stereocenters. The van der Waals surface area contributed by atoms with E-state index >= 15 is 0 Å². The summed E-state index contributed by atoms with van der Waals surface area (Å²) in [6.07, 6.45) is 3.85. The van der Waals surface area contributed by atoms with Gasteiger partial charge in [-0.3, -0.25) is 4.79 Å². The molecule has 152 valence electrons. The molecule has 3 N–H and O–H groups in total. The van der Waals surface area contributed by atoms with Gasteiger partial charge in [0.2, 0.25) is 0 Å². The molecule has 4 aromatic rings. The first-order valence-corrected chi connectivity index (χ1v) is 10.2. The van der Waals surface area contributed by atoms with Crippen molar-refractivity contribution in [2.45, 2.75) is 26.7 Å². The summed E-state index contributed by atoms with van der Waals surface area (Å²) in [5, 5.41) is 7.45. The second kappa shape index (κ2) is 8.78. The van der Waals surface area contributed by atoms with Gasteiger partial charge < -0.3 is 15.6 Å². The first-order valence-electron chi connectivity index (χ1n) is 10.2. The Morgan fingerprint density at radius 3 is 2.67 bits per heavy atom. The van der Waals surface area contributed by atoms with Gasteiger partial charge in [-0.15, -0.1) is 0 Å². The van der Waals surface area contributed by atoms with E-state index in [9.17, 15) is 4.79 Å². The molecule has 2 heterocycles. The monoisotopic (exact) mass is 399 g/mol. The third-order valence-corrected chi connectivity index (χ3v) is 5.07. The normalized spacial score (nSPS) is 10.9. The van der Waals surface area contributed by atoms with Crippen LogP contribution in [0.4, 0.5) is 11.5 Å². The first-order chi connectivity index (χ1) is 14.6. The Morgan fingerprint density at radius 1 is 1.07 bits per heavy atom. The molecule has 6 nitrogen and oxygen atoms in total. The van der Waals surface area contributed by atoms with Crippen LogP contribution in [0.25, 0.3) is 10.9 Å². The van der Waals surface area contributed by atoms with Gasteiger partial charge in [0, 0.05) is 35.4 Å². The van der Waals surface area contributed by atoms with E-state index in [2.05, 4.69) is 44.6 Å². The lowest BCUT2D eigenvalue weighted by Crippen LogP contribution is -2.16. The predicted octanol–water partition coefficient (Wildman–Crippen LogP) is 4.74. The summed E-state index contributed by atoms with van der Waals surface area (Å²) in [5.41, 5.74) is 4.71. The third kappa shape index (κ3) is 4.49. The van der Waals surface area contributed by atoms with Crippen molar-refractivity contribution in [2.75, 3.05) is 17.2 Å². The minimum atomic E-state index is -0.246. The summed E-state index contributed by atoms with van der Waals surface area (Å²) < 4.78 is 0. The van der Waals surface area contributed by atoms with E-state index in [4.69, 9.17) is 0 Å². The van der Waals surface area contributed by atoms with Gasteiger partial charge in [0.15, 0.2) is 0 Å². The van der Waals surface area contributed by atoms with Crippen LogP contribution in [0.5, 0.6) is 0 Å². The Hall–Kier alpha value is -3.67. The zero-order chi connectivity index (χ0) is 20.9. The van der Waals surface area contributed by atoms with Crippen molar-refractivity contribution in [3.63, 3.8) is 0 Å². The molecule has 0 fully saturated rings. The third-order valence-electron chi connectivity index (χ3n) is 5.07. The molecular weight excluding hydrogens is 374 g/mol. The van der Waals surface area contributed by atoms with Crippen LogP contribution in [0.2, 0.25) is 0 Å². The molecule has 4 rings (SSSR count). The molecule has 0 aliphatic heterocycles. The summed E-state index contributed by atoms with van der Waals surface area (Å²) in [6, 6.07) is 17.8. The van der Waals surface area contributed by atoms with E-state index in [1.165, 1.54) is 16.5 Å². The zero-order valence-corrected chi connectivity index (χ0v) is 17.2. The topological polar surface area (TPSA) is 82.7 Å². The number of aromatic nitrogens is 3. The Kier molecular flexibility index (Phi) is 5.75. The zero-order valence-electron chi connectivity index (χ0n) is 17.2.